The van der Waals surface area contributed by atoms with Crippen molar-refractivity contribution in [1.29, 1.82) is 0 Å². The van der Waals surface area contributed by atoms with Crippen LogP contribution in [0, 0.1) is 11.2 Å². The van der Waals surface area contributed by atoms with Gasteiger partial charge in [-0.3, -0.25) is 10.1 Å². The molecule has 1 atom stereocenters. The molecule has 0 aromatic carbocycles. The van der Waals surface area contributed by atoms with Crippen molar-refractivity contribution in [3.05, 3.63) is 0 Å². The summed E-state index contributed by atoms with van der Waals surface area (Å²) in [6.45, 7) is 0. The van der Waals surface area contributed by atoms with Crippen LogP contribution >= 0.6 is 11.8 Å². The molecule has 0 rings (SSSR count). The number of hydrogen-bond donors (Lipinski definition) is 2. The molecule has 4 heteroatoms. The topological polar surface area (TPSA) is 41.1 Å². The minimum absolute atomic E-state index is 0.103. The molecule has 62 valence electrons. The van der Waals surface area contributed by atoms with Gasteiger partial charge in [-0.15, -0.1) is 0 Å². The van der Waals surface area contributed by atoms with Crippen LogP contribution in [0.1, 0.15) is 0 Å². The predicted octanol–water partition coefficient (Wildman–Crippen LogP) is -0.356. The Morgan fingerprint density at radius 2 is 2.18 bits per heavy atom. The number of likely N-dealkylation sites (N-methyl/N-ethyl adjacent to an activating group) is 2. The van der Waals surface area contributed by atoms with E-state index in [4.69, 9.17) is 0 Å². The van der Waals surface area contributed by atoms with Gasteiger partial charge >= 0.3 is 0 Å². The highest BCUT2D eigenvalue weighted by Crippen LogP contribution is 1.86. The summed E-state index contributed by atoms with van der Waals surface area (Å²) in [5.74, 6) is 2.66. The zero-order valence-electron chi connectivity index (χ0n) is 6.89. The molecule has 2 N–H and O–H groups in total. The number of carbonyl (C=O) groups excluding carboxylic acids is 1. The predicted molar refractivity (Wildman–Crippen MR) is 48.2 cm³/mol. The van der Waals surface area contributed by atoms with Gasteiger partial charge in [0.05, 0.1) is 0 Å². The van der Waals surface area contributed by atoms with E-state index in [2.05, 4.69) is 21.8 Å². The van der Waals surface area contributed by atoms with Crippen molar-refractivity contribution in [3.63, 3.8) is 0 Å². The normalized spacial score (nSPS) is 11.2. The molecule has 0 spiro atoms. The molecule has 0 aromatic rings. The fourth-order valence-electron chi connectivity index (χ4n) is 0.531. The summed E-state index contributed by atoms with van der Waals surface area (Å²) in [6.07, 6.45) is 1.86. The van der Waals surface area contributed by atoms with Gasteiger partial charge in [-0.25, -0.2) is 0 Å². The Morgan fingerprint density at radius 1 is 1.55 bits per heavy atom. The summed E-state index contributed by atoms with van der Waals surface area (Å²) in [7, 11) is 3.29. The van der Waals surface area contributed by atoms with Crippen molar-refractivity contribution in [2.24, 2.45) is 0 Å². The third kappa shape index (κ3) is 3.91. The Balaban J connectivity index is 4.05. The summed E-state index contributed by atoms with van der Waals surface area (Å²) in [4.78, 5) is 11.0. The minimum Gasteiger partial charge on any atom is -0.357 e. The highest BCUT2D eigenvalue weighted by molar-refractivity contribution is 8.03. The lowest BCUT2D eigenvalue weighted by Crippen LogP contribution is -2.39. The van der Waals surface area contributed by atoms with Crippen molar-refractivity contribution in [1.82, 2.24) is 10.6 Å². The summed E-state index contributed by atoms with van der Waals surface area (Å²) in [6, 6.07) is -0.396. The molecule has 0 aliphatic heterocycles. The Morgan fingerprint density at radius 3 is 2.55 bits per heavy atom. The highest BCUT2D eigenvalue weighted by atomic mass is 32.2. The summed E-state index contributed by atoms with van der Waals surface area (Å²) in [5.41, 5.74) is 0. The number of nitrogens with one attached hydrogen (secondary N) is 2. The number of rotatable bonds is 2. The molecule has 0 saturated heterocycles. The van der Waals surface area contributed by atoms with Gasteiger partial charge in [-0.1, -0.05) is 17.7 Å². The second kappa shape index (κ2) is 6.08. The number of carbonyl (C=O) groups is 1. The molecular formula is C7H12N2OS. The fraction of sp³-hybridized carbons (Fsp3) is 0.571. The zero-order valence-corrected chi connectivity index (χ0v) is 7.71. The average Bonchev–Trinajstić information content (AvgIpc) is 2.05. The summed E-state index contributed by atoms with van der Waals surface area (Å²) >= 11 is 1.39. The van der Waals surface area contributed by atoms with E-state index >= 15 is 0 Å². The highest BCUT2D eigenvalue weighted by Gasteiger charge is 2.09. The summed E-state index contributed by atoms with van der Waals surface area (Å²) in [5, 5.41) is 8.06. The van der Waals surface area contributed by atoms with Gasteiger partial charge < -0.3 is 5.32 Å². The number of thioether (sulfide) groups is 1. The molecule has 0 unspecified atom stereocenters. The summed E-state index contributed by atoms with van der Waals surface area (Å²) < 4.78 is 0. The van der Waals surface area contributed by atoms with Crippen molar-refractivity contribution >= 4 is 17.7 Å². The van der Waals surface area contributed by atoms with Crippen LogP contribution in [-0.2, 0) is 4.79 Å². The minimum atomic E-state index is -0.396. The lowest BCUT2D eigenvalue weighted by atomic mass is 10.3. The molecule has 0 aromatic heterocycles. The van der Waals surface area contributed by atoms with Crippen LogP contribution in [0.25, 0.3) is 0 Å². The largest absolute Gasteiger partial charge is 0.357 e. The van der Waals surface area contributed by atoms with Gasteiger partial charge in [0, 0.05) is 7.05 Å². The first-order valence-electron chi connectivity index (χ1n) is 3.18. The maximum Gasteiger partial charge on any atom is 0.249 e. The third-order valence-corrected chi connectivity index (χ3v) is 1.42. The Labute approximate surface area is 71.3 Å². The quantitative estimate of drug-likeness (QED) is 0.559. The van der Waals surface area contributed by atoms with E-state index in [0.29, 0.717) is 0 Å². The molecule has 0 fully saturated rings. The molecule has 11 heavy (non-hydrogen) atoms. The third-order valence-electron chi connectivity index (χ3n) is 1.10. The molecule has 0 aliphatic rings. The van der Waals surface area contributed by atoms with Gasteiger partial charge in [-0.05, 0) is 18.6 Å². The van der Waals surface area contributed by atoms with E-state index in [1.54, 1.807) is 14.1 Å². The Kier molecular flexibility index (Phi) is 5.71. The monoisotopic (exact) mass is 172 g/mol. The molecule has 1 amide bonds. The van der Waals surface area contributed by atoms with E-state index in [0.717, 1.165) is 0 Å². The first kappa shape index (κ1) is 10.3. The van der Waals surface area contributed by atoms with Crippen LogP contribution in [-0.4, -0.2) is 32.3 Å². The molecule has 0 aliphatic carbocycles. The lowest BCUT2D eigenvalue weighted by Gasteiger charge is -2.05. The van der Waals surface area contributed by atoms with Gasteiger partial charge in [0.1, 0.15) is 6.04 Å². The van der Waals surface area contributed by atoms with Gasteiger partial charge in [0.25, 0.3) is 0 Å². The first-order valence-corrected chi connectivity index (χ1v) is 4.41. The zero-order chi connectivity index (χ0) is 8.69. The van der Waals surface area contributed by atoms with Crippen LogP contribution in [0.5, 0.6) is 0 Å². The number of hydrogen-bond acceptors (Lipinski definition) is 3. The molecule has 0 radical (unpaired) electrons. The van der Waals surface area contributed by atoms with E-state index in [-0.39, 0.29) is 5.91 Å². The SMILES string of the molecule is CNC(=O)[C@H](C#CSC)NC. The molecule has 0 heterocycles. The molecule has 3 nitrogen and oxygen atoms in total. The average molecular weight is 172 g/mol. The maximum atomic E-state index is 11.0. The molecule has 0 saturated carbocycles. The van der Waals surface area contributed by atoms with Crippen LogP contribution < -0.4 is 10.6 Å². The van der Waals surface area contributed by atoms with Crippen LogP contribution in [0.15, 0.2) is 0 Å². The standard InChI is InChI=1S/C7H12N2OS/c1-8-6(4-5-11-3)7(10)9-2/h6,8H,1-3H3,(H,9,10)/t6-/m0/s1. The van der Waals surface area contributed by atoms with Crippen LogP contribution in [0.2, 0.25) is 0 Å². The Bertz CT molecular complexity index is 183. The second-order valence-electron chi connectivity index (χ2n) is 1.79. The second-order valence-corrected chi connectivity index (χ2v) is 2.40. The maximum absolute atomic E-state index is 11.0. The van der Waals surface area contributed by atoms with Gasteiger partial charge in [0.2, 0.25) is 5.91 Å². The van der Waals surface area contributed by atoms with Gasteiger partial charge in [-0.2, -0.15) is 0 Å². The van der Waals surface area contributed by atoms with Crippen molar-refractivity contribution in [2.45, 2.75) is 6.04 Å². The van der Waals surface area contributed by atoms with Crippen LogP contribution in [0.3, 0.4) is 0 Å². The van der Waals surface area contributed by atoms with Crippen molar-refractivity contribution in [2.75, 3.05) is 20.4 Å². The lowest BCUT2D eigenvalue weighted by molar-refractivity contribution is -0.121. The van der Waals surface area contributed by atoms with Crippen molar-refractivity contribution < 1.29 is 4.79 Å². The van der Waals surface area contributed by atoms with Gasteiger partial charge in [0.15, 0.2) is 0 Å². The van der Waals surface area contributed by atoms with E-state index in [9.17, 15) is 4.79 Å². The molecule has 0 bridgehead atoms. The fourth-order valence-corrected chi connectivity index (χ4v) is 0.767. The van der Waals surface area contributed by atoms with E-state index in [1.165, 1.54) is 11.8 Å². The van der Waals surface area contributed by atoms with E-state index in [1.807, 2.05) is 6.26 Å². The Hall–Kier alpha value is -0.660. The van der Waals surface area contributed by atoms with E-state index < -0.39 is 6.04 Å². The van der Waals surface area contributed by atoms with Crippen molar-refractivity contribution in [3.8, 4) is 11.2 Å². The molecular weight excluding hydrogens is 160 g/mol. The first-order chi connectivity index (χ1) is 5.26. The smallest absolute Gasteiger partial charge is 0.249 e. The van der Waals surface area contributed by atoms with Crippen LogP contribution in [0.4, 0.5) is 0 Å². The number of amides is 1.